The summed E-state index contributed by atoms with van der Waals surface area (Å²) in [4.78, 5) is 22.9. The second kappa shape index (κ2) is 5.38. The number of likely N-dealkylation sites (N-methyl/N-ethyl adjacent to an activating group) is 1. The second-order valence-electron chi connectivity index (χ2n) is 3.57. The summed E-state index contributed by atoms with van der Waals surface area (Å²) in [5.41, 5.74) is 0.297. The van der Waals surface area contributed by atoms with Gasteiger partial charge < -0.3 is 10.0 Å². The molecule has 0 atom stereocenters. The Morgan fingerprint density at radius 3 is 2.47 bits per heavy atom. The Morgan fingerprint density at radius 1 is 1.29 bits per heavy atom. The van der Waals surface area contributed by atoms with Gasteiger partial charge in [0, 0.05) is 7.05 Å². The molecule has 6 heteroatoms. The molecule has 17 heavy (non-hydrogen) atoms. The molecule has 0 radical (unpaired) electrons. The van der Waals surface area contributed by atoms with Crippen molar-refractivity contribution in [2.45, 2.75) is 6.42 Å². The first kappa shape index (κ1) is 13.1. The Labute approximate surface area is 96.5 Å². The zero-order valence-electron chi connectivity index (χ0n) is 9.11. The van der Waals surface area contributed by atoms with Gasteiger partial charge in [0.05, 0.1) is 6.42 Å². The lowest BCUT2D eigenvalue weighted by molar-refractivity contribution is -0.143. The van der Waals surface area contributed by atoms with Crippen molar-refractivity contribution in [2.75, 3.05) is 13.6 Å². The standard InChI is InChI=1S/C11H11F2NO3/c1-14(6-11(16)17)10(15)5-7-2-3-8(12)9(13)4-7/h2-4H,5-6H2,1H3,(H,16,17). The first-order valence-corrected chi connectivity index (χ1v) is 4.80. The SMILES string of the molecule is CN(CC(=O)O)C(=O)Cc1ccc(F)c(F)c1. The van der Waals surface area contributed by atoms with Crippen LogP contribution >= 0.6 is 0 Å². The van der Waals surface area contributed by atoms with E-state index < -0.39 is 30.1 Å². The molecule has 0 unspecified atom stereocenters. The molecule has 0 heterocycles. The predicted molar refractivity (Wildman–Crippen MR) is 55.3 cm³/mol. The summed E-state index contributed by atoms with van der Waals surface area (Å²) in [6.45, 7) is -0.428. The molecule has 0 saturated carbocycles. The third-order valence-electron chi connectivity index (χ3n) is 2.14. The van der Waals surface area contributed by atoms with Gasteiger partial charge in [0.2, 0.25) is 5.91 Å². The molecule has 0 aliphatic rings. The van der Waals surface area contributed by atoms with E-state index in [2.05, 4.69) is 0 Å². The zero-order chi connectivity index (χ0) is 13.0. The summed E-state index contributed by atoms with van der Waals surface area (Å²) in [5, 5.41) is 8.48. The molecule has 1 aromatic rings. The lowest BCUT2D eigenvalue weighted by atomic mass is 10.1. The molecule has 1 rings (SSSR count). The highest BCUT2D eigenvalue weighted by Crippen LogP contribution is 2.09. The van der Waals surface area contributed by atoms with Gasteiger partial charge in [-0.25, -0.2) is 8.78 Å². The van der Waals surface area contributed by atoms with Gasteiger partial charge in [-0.05, 0) is 17.7 Å². The van der Waals surface area contributed by atoms with Crippen molar-refractivity contribution in [1.82, 2.24) is 4.90 Å². The summed E-state index contributed by atoms with van der Waals surface area (Å²) in [7, 11) is 1.33. The molecule has 4 nitrogen and oxygen atoms in total. The fourth-order valence-corrected chi connectivity index (χ4v) is 1.25. The van der Waals surface area contributed by atoms with Crippen LogP contribution in [0.1, 0.15) is 5.56 Å². The number of benzene rings is 1. The highest BCUT2D eigenvalue weighted by Gasteiger charge is 2.13. The summed E-state index contributed by atoms with van der Waals surface area (Å²) in [5.74, 6) is -3.62. The van der Waals surface area contributed by atoms with Gasteiger partial charge in [-0.2, -0.15) is 0 Å². The minimum Gasteiger partial charge on any atom is -0.480 e. The Kier molecular flexibility index (Phi) is 4.14. The van der Waals surface area contributed by atoms with Crippen molar-refractivity contribution in [3.05, 3.63) is 35.4 Å². The van der Waals surface area contributed by atoms with Gasteiger partial charge in [-0.1, -0.05) is 6.07 Å². The summed E-state index contributed by atoms with van der Waals surface area (Å²) >= 11 is 0. The minimum atomic E-state index is -1.13. The number of halogens is 2. The quantitative estimate of drug-likeness (QED) is 0.859. The van der Waals surface area contributed by atoms with E-state index in [0.717, 1.165) is 17.0 Å². The third-order valence-corrected chi connectivity index (χ3v) is 2.14. The maximum atomic E-state index is 12.8. The average Bonchev–Trinajstić information content (AvgIpc) is 2.22. The molecular weight excluding hydrogens is 232 g/mol. The van der Waals surface area contributed by atoms with Crippen molar-refractivity contribution < 1.29 is 23.5 Å². The number of nitrogens with zero attached hydrogens (tertiary/aromatic N) is 1. The van der Waals surface area contributed by atoms with E-state index in [1.54, 1.807) is 0 Å². The van der Waals surface area contributed by atoms with Crippen LogP contribution in [0, 0.1) is 11.6 Å². The molecule has 0 aliphatic carbocycles. The fourth-order valence-electron chi connectivity index (χ4n) is 1.25. The summed E-state index contributed by atoms with van der Waals surface area (Å²) in [6.07, 6.45) is -0.166. The molecule has 1 amide bonds. The minimum absolute atomic E-state index is 0.166. The maximum absolute atomic E-state index is 12.8. The number of hydrogen-bond donors (Lipinski definition) is 1. The van der Waals surface area contributed by atoms with E-state index in [0.29, 0.717) is 5.56 Å². The monoisotopic (exact) mass is 243 g/mol. The Morgan fingerprint density at radius 2 is 1.94 bits per heavy atom. The first-order valence-electron chi connectivity index (χ1n) is 4.80. The van der Waals surface area contributed by atoms with Crippen LogP contribution in [0.25, 0.3) is 0 Å². The molecule has 92 valence electrons. The number of carbonyl (C=O) groups is 2. The Bertz CT molecular complexity index is 448. The highest BCUT2D eigenvalue weighted by atomic mass is 19.2. The molecule has 0 bridgehead atoms. The van der Waals surface area contributed by atoms with Crippen molar-refractivity contribution >= 4 is 11.9 Å². The van der Waals surface area contributed by atoms with Crippen LogP contribution in [0.3, 0.4) is 0 Å². The summed E-state index contributed by atoms with van der Waals surface area (Å²) in [6, 6.07) is 3.13. The van der Waals surface area contributed by atoms with Crippen molar-refractivity contribution in [3.63, 3.8) is 0 Å². The smallest absolute Gasteiger partial charge is 0.323 e. The number of carboxylic acids is 1. The maximum Gasteiger partial charge on any atom is 0.323 e. The molecule has 0 fully saturated rings. The number of amides is 1. The Balaban J connectivity index is 2.67. The highest BCUT2D eigenvalue weighted by molar-refractivity contribution is 5.82. The lowest BCUT2D eigenvalue weighted by Crippen LogP contribution is -2.33. The first-order chi connectivity index (χ1) is 7.90. The molecule has 1 aromatic carbocycles. The zero-order valence-corrected chi connectivity index (χ0v) is 9.11. The average molecular weight is 243 g/mol. The summed E-state index contributed by atoms with van der Waals surface area (Å²) < 4.78 is 25.5. The molecule has 0 aromatic heterocycles. The van der Waals surface area contributed by atoms with Crippen molar-refractivity contribution in [1.29, 1.82) is 0 Å². The van der Waals surface area contributed by atoms with Gasteiger partial charge >= 0.3 is 5.97 Å². The van der Waals surface area contributed by atoms with Crippen LogP contribution in [-0.2, 0) is 16.0 Å². The second-order valence-corrected chi connectivity index (χ2v) is 3.57. The molecule has 0 aliphatic heterocycles. The number of rotatable bonds is 4. The predicted octanol–water partition coefficient (Wildman–Crippen LogP) is 1.05. The number of carbonyl (C=O) groups excluding carboxylic acids is 1. The van der Waals surface area contributed by atoms with Crippen LogP contribution in [0.2, 0.25) is 0 Å². The molecule has 1 N–H and O–H groups in total. The van der Waals surface area contributed by atoms with Crippen LogP contribution in [0.5, 0.6) is 0 Å². The van der Waals surface area contributed by atoms with E-state index in [1.807, 2.05) is 0 Å². The third kappa shape index (κ3) is 3.82. The normalized spacial score (nSPS) is 10.1. The van der Waals surface area contributed by atoms with Crippen LogP contribution < -0.4 is 0 Å². The topological polar surface area (TPSA) is 57.6 Å². The lowest BCUT2D eigenvalue weighted by Gasteiger charge is -2.14. The molecule has 0 spiro atoms. The van der Waals surface area contributed by atoms with Gasteiger partial charge in [0.1, 0.15) is 6.54 Å². The number of hydrogen-bond acceptors (Lipinski definition) is 2. The largest absolute Gasteiger partial charge is 0.480 e. The van der Waals surface area contributed by atoms with E-state index in [4.69, 9.17) is 5.11 Å². The molecular formula is C11H11F2NO3. The number of aliphatic carboxylic acids is 1. The fraction of sp³-hybridized carbons (Fsp3) is 0.273. The number of carboxylic acid groups (broad SMARTS) is 1. The van der Waals surface area contributed by atoms with Crippen molar-refractivity contribution in [2.24, 2.45) is 0 Å². The van der Waals surface area contributed by atoms with E-state index in [-0.39, 0.29) is 6.42 Å². The van der Waals surface area contributed by atoms with E-state index in [9.17, 15) is 18.4 Å². The van der Waals surface area contributed by atoms with Crippen LogP contribution in [0.4, 0.5) is 8.78 Å². The molecule has 0 saturated heterocycles. The Hall–Kier alpha value is -1.98. The van der Waals surface area contributed by atoms with Gasteiger partial charge in [0.15, 0.2) is 11.6 Å². The van der Waals surface area contributed by atoms with E-state index >= 15 is 0 Å². The van der Waals surface area contributed by atoms with E-state index in [1.165, 1.54) is 13.1 Å². The van der Waals surface area contributed by atoms with Gasteiger partial charge in [-0.15, -0.1) is 0 Å². The van der Waals surface area contributed by atoms with Crippen LogP contribution in [0.15, 0.2) is 18.2 Å². The van der Waals surface area contributed by atoms with Crippen molar-refractivity contribution in [3.8, 4) is 0 Å². The van der Waals surface area contributed by atoms with Crippen LogP contribution in [-0.4, -0.2) is 35.5 Å². The van der Waals surface area contributed by atoms with Gasteiger partial charge in [-0.3, -0.25) is 9.59 Å². The van der Waals surface area contributed by atoms with Gasteiger partial charge in [0.25, 0.3) is 0 Å².